The van der Waals surface area contributed by atoms with Crippen LogP contribution in [0.4, 0.5) is 11.4 Å². The number of nitrogens with zero attached hydrogens (tertiary/aromatic N) is 1. The lowest BCUT2D eigenvalue weighted by atomic mass is 10.1. The van der Waals surface area contributed by atoms with E-state index in [0.717, 1.165) is 5.56 Å². The van der Waals surface area contributed by atoms with E-state index in [0.29, 0.717) is 21.8 Å². The summed E-state index contributed by atoms with van der Waals surface area (Å²) in [6.07, 6.45) is 1.28. The van der Waals surface area contributed by atoms with E-state index in [-0.39, 0.29) is 22.7 Å². The number of esters is 1. The number of halogens is 1. The number of anilines is 2. The van der Waals surface area contributed by atoms with Crippen LogP contribution >= 0.6 is 11.6 Å². The van der Waals surface area contributed by atoms with E-state index in [2.05, 4.69) is 21.2 Å². The van der Waals surface area contributed by atoms with Crippen molar-refractivity contribution in [3.63, 3.8) is 0 Å². The van der Waals surface area contributed by atoms with Crippen molar-refractivity contribution in [2.24, 2.45) is 5.10 Å². The van der Waals surface area contributed by atoms with Crippen molar-refractivity contribution in [3.05, 3.63) is 118 Å². The van der Waals surface area contributed by atoms with Gasteiger partial charge in [-0.1, -0.05) is 41.4 Å². The lowest BCUT2D eigenvalue weighted by Crippen LogP contribution is -2.33. The number of hydrazone groups is 1. The van der Waals surface area contributed by atoms with E-state index in [9.17, 15) is 19.2 Å². The highest BCUT2D eigenvalue weighted by Gasteiger charge is 2.18. The normalized spacial score (nSPS) is 10.5. The number of methoxy groups -OCH3 is 1. The summed E-state index contributed by atoms with van der Waals surface area (Å²) < 4.78 is 10.7. The van der Waals surface area contributed by atoms with Crippen LogP contribution in [0.3, 0.4) is 0 Å². The first-order chi connectivity index (χ1) is 20.2. The molecule has 0 bridgehead atoms. The highest BCUT2D eigenvalue weighted by molar-refractivity contribution is 6.40. The largest absolute Gasteiger partial charge is 0.493 e. The molecule has 0 unspecified atom stereocenters. The summed E-state index contributed by atoms with van der Waals surface area (Å²) in [4.78, 5) is 50.1. The molecule has 0 saturated carbocycles. The molecule has 0 saturated heterocycles. The van der Waals surface area contributed by atoms with Crippen molar-refractivity contribution >= 4 is 52.9 Å². The molecule has 0 spiro atoms. The topological polar surface area (TPSA) is 135 Å². The maximum absolute atomic E-state index is 12.8. The number of rotatable bonds is 8. The number of para-hydroxylation sites is 1. The zero-order chi connectivity index (χ0) is 30.1. The Morgan fingerprint density at radius 2 is 1.52 bits per heavy atom. The molecule has 3 N–H and O–H groups in total. The van der Waals surface area contributed by atoms with E-state index < -0.39 is 23.7 Å². The van der Waals surface area contributed by atoms with Crippen molar-refractivity contribution in [2.45, 2.75) is 6.92 Å². The summed E-state index contributed by atoms with van der Waals surface area (Å²) in [6.45, 7) is 1.93. The van der Waals surface area contributed by atoms with Gasteiger partial charge in [0.25, 0.3) is 5.91 Å². The molecular weight excluding hydrogens is 560 g/mol. The van der Waals surface area contributed by atoms with Gasteiger partial charge in [-0.05, 0) is 79.2 Å². The fourth-order valence-electron chi connectivity index (χ4n) is 3.61. The summed E-state index contributed by atoms with van der Waals surface area (Å²) in [6, 6.07) is 24.4. The summed E-state index contributed by atoms with van der Waals surface area (Å²) in [5.74, 6) is -2.72. The van der Waals surface area contributed by atoms with Gasteiger partial charge in [-0.3, -0.25) is 14.4 Å². The maximum atomic E-state index is 12.8. The van der Waals surface area contributed by atoms with Crippen LogP contribution in [-0.4, -0.2) is 37.0 Å². The molecule has 0 aliphatic rings. The Morgan fingerprint density at radius 1 is 0.810 bits per heavy atom. The summed E-state index contributed by atoms with van der Waals surface area (Å²) in [7, 11) is 1.40. The van der Waals surface area contributed by atoms with Crippen molar-refractivity contribution in [1.82, 2.24) is 5.43 Å². The Balaban J connectivity index is 1.35. The molecule has 0 aromatic heterocycles. The minimum Gasteiger partial charge on any atom is -0.493 e. The predicted octanol–water partition coefficient (Wildman–Crippen LogP) is 5.22. The first-order valence-corrected chi connectivity index (χ1v) is 12.9. The van der Waals surface area contributed by atoms with Crippen molar-refractivity contribution in [1.29, 1.82) is 0 Å². The Bertz CT molecular complexity index is 1650. The van der Waals surface area contributed by atoms with Crippen LogP contribution in [0.1, 0.15) is 31.8 Å². The van der Waals surface area contributed by atoms with Gasteiger partial charge < -0.3 is 20.1 Å². The molecular formula is C31H25ClN4O6. The number of carbonyl (C=O) groups excluding carboxylic acids is 4. The fourth-order valence-corrected chi connectivity index (χ4v) is 3.74. The minimum atomic E-state index is -1.06. The zero-order valence-electron chi connectivity index (χ0n) is 22.5. The van der Waals surface area contributed by atoms with E-state index in [1.807, 2.05) is 19.1 Å². The molecule has 11 heteroatoms. The third-order valence-electron chi connectivity index (χ3n) is 5.79. The summed E-state index contributed by atoms with van der Waals surface area (Å²) in [5.41, 5.74) is 4.88. The van der Waals surface area contributed by atoms with Crippen LogP contribution in [-0.2, 0) is 9.59 Å². The monoisotopic (exact) mass is 584 g/mol. The van der Waals surface area contributed by atoms with Gasteiger partial charge >= 0.3 is 17.8 Å². The number of nitrogens with one attached hydrogen (secondary N) is 3. The summed E-state index contributed by atoms with van der Waals surface area (Å²) in [5, 5.41) is 9.49. The average Bonchev–Trinajstić information content (AvgIpc) is 2.99. The van der Waals surface area contributed by atoms with Gasteiger partial charge in [0.05, 0.1) is 30.1 Å². The molecule has 0 radical (unpaired) electrons. The Morgan fingerprint density at radius 3 is 2.24 bits per heavy atom. The second-order valence-corrected chi connectivity index (χ2v) is 9.26. The molecule has 4 aromatic carbocycles. The molecule has 0 aliphatic heterocycles. The first kappa shape index (κ1) is 29.5. The number of hydrogen-bond acceptors (Lipinski definition) is 7. The van der Waals surface area contributed by atoms with Crippen molar-refractivity contribution < 1.29 is 28.7 Å². The molecule has 4 aromatic rings. The van der Waals surface area contributed by atoms with Crippen LogP contribution in [0.2, 0.25) is 5.02 Å². The highest BCUT2D eigenvalue weighted by atomic mass is 35.5. The molecule has 4 rings (SSSR count). The number of carbonyl (C=O) groups is 4. The van der Waals surface area contributed by atoms with E-state index in [1.165, 1.54) is 49.7 Å². The Labute approximate surface area is 246 Å². The maximum Gasteiger partial charge on any atom is 0.343 e. The number of benzene rings is 4. The third-order valence-corrected chi connectivity index (χ3v) is 6.04. The second kappa shape index (κ2) is 13.7. The van der Waals surface area contributed by atoms with E-state index in [1.54, 1.807) is 42.5 Å². The molecule has 0 aliphatic carbocycles. The van der Waals surface area contributed by atoms with Crippen LogP contribution in [0.5, 0.6) is 11.5 Å². The fraction of sp³-hybridized carbons (Fsp3) is 0.0645. The Kier molecular flexibility index (Phi) is 9.65. The van der Waals surface area contributed by atoms with E-state index in [4.69, 9.17) is 21.1 Å². The van der Waals surface area contributed by atoms with Gasteiger partial charge in [0.15, 0.2) is 11.5 Å². The van der Waals surface area contributed by atoms with Gasteiger partial charge in [0, 0.05) is 10.7 Å². The Hall–Kier alpha value is -5.48. The highest BCUT2D eigenvalue weighted by Crippen LogP contribution is 2.28. The standard InChI is InChI=1S/C31H25ClN4O6/c1-19-7-14-23(15-8-19)34-28(37)24-5-3-4-6-25(24)35-29(38)30(39)36-33-18-20-9-16-26(27(17-20)41-2)42-31(40)21-10-12-22(32)13-11-21/h3-18H,1-2H3,(H,34,37)(H,35,38)(H,36,39)/b33-18-. The minimum absolute atomic E-state index is 0.153. The molecule has 42 heavy (non-hydrogen) atoms. The smallest absolute Gasteiger partial charge is 0.343 e. The SMILES string of the molecule is COc1cc(/C=N\NC(=O)C(=O)Nc2ccccc2C(=O)Nc2ccc(C)cc2)ccc1OC(=O)c1ccc(Cl)cc1. The molecule has 3 amide bonds. The average molecular weight is 585 g/mol. The zero-order valence-corrected chi connectivity index (χ0v) is 23.3. The van der Waals surface area contributed by atoms with Crippen molar-refractivity contribution in [3.8, 4) is 11.5 Å². The van der Waals surface area contributed by atoms with Crippen LogP contribution in [0.15, 0.2) is 96.1 Å². The lowest BCUT2D eigenvalue weighted by molar-refractivity contribution is -0.136. The number of amides is 3. The summed E-state index contributed by atoms with van der Waals surface area (Å²) >= 11 is 5.86. The van der Waals surface area contributed by atoms with Gasteiger partial charge in [0.2, 0.25) is 0 Å². The quantitative estimate of drug-likeness (QED) is 0.0854. The predicted molar refractivity (Wildman–Crippen MR) is 159 cm³/mol. The van der Waals surface area contributed by atoms with Gasteiger partial charge in [-0.2, -0.15) is 5.10 Å². The van der Waals surface area contributed by atoms with E-state index >= 15 is 0 Å². The second-order valence-electron chi connectivity index (χ2n) is 8.83. The van der Waals surface area contributed by atoms with Gasteiger partial charge in [-0.15, -0.1) is 0 Å². The molecule has 0 heterocycles. The first-order valence-electron chi connectivity index (χ1n) is 12.5. The van der Waals surface area contributed by atoms with Gasteiger partial charge in [0.1, 0.15) is 0 Å². The third kappa shape index (κ3) is 7.80. The van der Waals surface area contributed by atoms with Crippen LogP contribution in [0, 0.1) is 6.92 Å². The number of ether oxygens (including phenoxy) is 2. The van der Waals surface area contributed by atoms with Crippen LogP contribution < -0.4 is 25.5 Å². The molecule has 0 atom stereocenters. The van der Waals surface area contributed by atoms with Crippen molar-refractivity contribution in [2.75, 3.05) is 17.7 Å². The molecule has 212 valence electrons. The lowest BCUT2D eigenvalue weighted by Gasteiger charge is -2.11. The number of hydrogen-bond donors (Lipinski definition) is 3. The number of aryl methyl sites for hydroxylation is 1. The van der Waals surface area contributed by atoms with Crippen LogP contribution in [0.25, 0.3) is 0 Å². The molecule has 0 fully saturated rings. The molecule has 10 nitrogen and oxygen atoms in total. The van der Waals surface area contributed by atoms with Gasteiger partial charge in [-0.25, -0.2) is 10.2 Å².